The Kier molecular flexibility index (Phi) is 5.29. The van der Waals surface area contributed by atoms with Crippen LogP contribution >= 0.6 is 0 Å². The van der Waals surface area contributed by atoms with Gasteiger partial charge in [0, 0.05) is 13.0 Å². The van der Waals surface area contributed by atoms with Crippen molar-refractivity contribution >= 4 is 17.0 Å². The number of nitrogens with zero attached hydrogens (tertiary/aromatic N) is 3. The fourth-order valence-electron chi connectivity index (χ4n) is 3.25. The lowest BCUT2D eigenvalue weighted by Gasteiger charge is -2.08. The molecule has 4 aromatic rings. The number of aromatic nitrogens is 3. The van der Waals surface area contributed by atoms with Crippen LogP contribution in [0.15, 0.2) is 59.2 Å². The minimum Gasteiger partial charge on any atom is -0.494 e. The van der Waals surface area contributed by atoms with Gasteiger partial charge in [-0.1, -0.05) is 18.2 Å². The number of furan rings is 1. The number of hydrogen-bond donors (Lipinski definition) is 0. The number of methoxy groups -OCH3 is 1. The summed E-state index contributed by atoms with van der Waals surface area (Å²) >= 11 is 0. The van der Waals surface area contributed by atoms with Crippen molar-refractivity contribution in [3.05, 3.63) is 66.1 Å². The van der Waals surface area contributed by atoms with Crippen LogP contribution in [0.3, 0.4) is 0 Å². The molecule has 0 aliphatic carbocycles. The van der Waals surface area contributed by atoms with E-state index in [4.69, 9.17) is 18.9 Å². The number of esters is 1. The topological polar surface area (TPSA) is 79.4 Å². The molecule has 3 aromatic heterocycles. The first-order valence-corrected chi connectivity index (χ1v) is 9.35. The Morgan fingerprint density at radius 3 is 2.72 bits per heavy atom. The smallest absolute Gasteiger partial charge is 0.338 e. The van der Waals surface area contributed by atoms with Crippen molar-refractivity contribution in [1.82, 2.24) is 14.8 Å². The van der Waals surface area contributed by atoms with Gasteiger partial charge in [0.15, 0.2) is 11.4 Å². The van der Waals surface area contributed by atoms with Crippen LogP contribution in [-0.2, 0) is 11.3 Å². The summed E-state index contributed by atoms with van der Waals surface area (Å²) in [6.07, 6.45) is 2.31. The van der Waals surface area contributed by atoms with E-state index < -0.39 is 5.97 Å². The van der Waals surface area contributed by atoms with Gasteiger partial charge in [-0.05, 0) is 37.3 Å². The highest BCUT2D eigenvalue weighted by molar-refractivity contribution is 6.04. The molecule has 0 unspecified atom stereocenters. The van der Waals surface area contributed by atoms with E-state index >= 15 is 0 Å². The van der Waals surface area contributed by atoms with E-state index in [0.717, 1.165) is 17.9 Å². The van der Waals surface area contributed by atoms with Gasteiger partial charge in [-0.25, -0.2) is 14.5 Å². The molecule has 0 saturated carbocycles. The number of fused-ring (bicyclic) bond motifs is 1. The van der Waals surface area contributed by atoms with Crippen LogP contribution in [0.1, 0.15) is 22.5 Å². The van der Waals surface area contributed by atoms with E-state index in [1.807, 2.05) is 37.3 Å². The molecule has 0 aliphatic heterocycles. The number of aryl methyl sites for hydroxylation is 2. The summed E-state index contributed by atoms with van der Waals surface area (Å²) < 4.78 is 18.0. The fourth-order valence-corrected chi connectivity index (χ4v) is 3.25. The van der Waals surface area contributed by atoms with Gasteiger partial charge >= 0.3 is 5.97 Å². The number of para-hydroxylation sites is 1. The molecule has 0 fully saturated rings. The van der Waals surface area contributed by atoms with E-state index in [0.29, 0.717) is 41.2 Å². The number of rotatable bonds is 7. The standard InChI is InChI=1S/C22H21N3O4/c1-15-20-17(22(26)27-2)14-18(19-10-6-12-29-19)23-21(20)25(24-15)11-7-13-28-16-8-4-3-5-9-16/h3-6,8-10,12,14H,7,11,13H2,1-2H3. The quantitative estimate of drug-likeness (QED) is 0.346. The van der Waals surface area contributed by atoms with Crippen LogP contribution in [0.25, 0.3) is 22.5 Å². The molecule has 1 aromatic carbocycles. The highest BCUT2D eigenvalue weighted by Crippen LogP contribution is 2.28. The van der Waals surface area contributed by atoms with Gasteiger partial charge in [0.05, 0.1) is 36.6 Å². The van der Waals surface area contributed by atoms with Crippen molar-refractivity contribution in [3.8, 4) is 17.2 Å². The summed E-state index contributed by atoms with van der Waals surface area (Å²) in [4.78, 5) is 17.1. The summed E-state index contributed by atoms with van der Waals surface area (Å²) in [5.74, 6) is 0.982. The van der Waals surface area contributed by atoms with E-state index in [2.05, 4.69) is 5.10 Å². The van der Waals surface area contributed by atoms with Gasteiger partial charge in [-0.3, -0.25) is 0 Å². The van der Waals surface area contributed by atoms with E-state index in [-0.39, 0.29) is 0 Å². The van der Waals surface area contributed by atoms with Crippen molar-refractivity contribution in [3.63, 3.8) is 0 Å². The molecule has 0 N–H and O–H groups in total. The Hall–Kier alpha value is -3.61. The molecule has 0 radical (unpaired) electrons. The zero-order chi connectivity index (χ0) is 20.2. The maximum absolute atomic E-state index is 12.4. The van der Waals surface area contributed by atoms with Crippen LogP contribution < -0.4 is 4.74 Å². The second-order valence-corrected chi connectivity index (χ2v) is 6.55. The lowest BCUT2D eigenvalue weighted by atomic mass is 10.1. The maximum atomic E-state index is 12.4. The molecule has 29 heavy (non-hydrogen) atoms. The number of hydrogen-bond acceptors (Lipinski definition) is 6. The minimum atomic E-state index is -0.430. The number of ether oxygens (including phenoxy) is 2. The third-order valence-electron chi connectivity index (χ3n) is 4.58. The van der Waals surface area contributed by atoms with Gasteiger partial charge in [-0.2, -0.15) is 5.10 Å². The lowest BCUT2D eigenvalue weighted by Crippen LogP contribution is -2.08. The first-order valence-electron chi connectivity index (χ1n) is 9.35. The zero-order valence-electron chi connectivity index (χ0n) is 16.3. The molecule has 0 amide bonds. The predicted molar refractivity (Wildman–Crippen MR) is 108 cm³/mol. The lowest BCUT2D eigenvalue weighted by molar-refractivity contribution is 0.0603. The summed E-state index contributed by atoms with van der Waals surface area (Å²) in [5, 5.41) is 5.29. The number of carbonyl (C=O) groups excluding carboxylic acids is 1. The number of benzene rings is 1. The predicted octanol–water partition coefficient (Wildman–Crippen LogP) is 4.26. The van der Waals surface area contributed by atoms with E-state index in [1.165, 1.54) is 7.11 Å². The minimum absolute atomic E-state index is 0.424. The van der Waals surface area contributed by atoms with Crippen LogP contribution in [-0.4, -0.2) is 34.5 Å². The summed E-state index contributed by atoms with van der Waals surface area (Å²) in [6, 6.07) is 14.9. The van der Waals surface area contributed by atoms with Crippen LogP contribution in [0.4, 0.5) is 0 Å². The highest BCUT2D eigenvalue weighted by atomic mass is 16.5. The largest absolute Gasteiger partial charge is 0.494 e. The fraction of sp³-hybridized carbons (Fsp3) is 0.227. The Morgan fingerprint density at radius 1 is 1.17 bits per heavy atom. The van der Waals surface area contributed by atoms with Crippen LogP contribution in [0.2, 0.25) is 0 Å². The first kappa shape index (κ1) is 18.7. The van der Waals surface area contributed by atoms with Crippen molar-refractivity contribution in [1.29, 1.82) is 0 Å². The molecular formula is C22H21N3O4. The Labute approximate surface area is 167 Å². The van der Waals surface area contributed by atoms with Gasteiger partial charge in [0.2, 0.25) is 0 Å². The molecule has 0 spiro atoms. The van der Waals surface area contributed by atoms with Crippen molar-refractivity contribution in [2.75, 3.05) is 13.7 Å². The highest BCUT2D eigenvalue weighted by Gasteiger charge is 2.21. The summed E-state index contributed by atoms with van der Waals surface area (Å²) in [6.45, 7) is 3.01. The monoisotopic (exact) mass is 391 g/mol. The second-order valence-electron chi connectivity index (χ2n) is 6.55. The summed E-state index contributed by atoms with van der Waals surface area (Å²) in [5.41, 5.74) is 2.33. The molecule has 7 heteroatoms. The van der Waals surface area contributed by atoms with E-state index in [9.17, 15) is 4.79 Å². The number of pyridine rings is 1. The van der Waals surface area contributed by atoms with Crippen molar-refractivity contribution in [2.45, 2.75) is 19.9 Å². The molecule has 4 rings (SSSR count). The molecule has 0 saturated heterocycles. The molecule has 0 bridgehead atoms. The van der Waals surface area contributed by atoms with Crippen LogP contribution in [0, 0.1) is 6.92 Å². The second kappa shape index (κ2) is 8.18. The molecule has 0 atom stereocenters. The van der Waals surface area contributed by atoms with Crippen molar-refractivity contribution in [2.24, 2.45) is 0 Å². The molecule has 7 nitrogen and oxygen atoms in total. The van der Waals surface area contributed by atoms with E-state index in [1.54, 1.807) is 29.1 Å². The molecule has 0 aliphatic rings. The normalized spacial score (nSPS) is 11.0. The average molecular weight is 391 g/mol. The van der Waals surface area contributed by atoms with Gasteiger partial charge in [0.1, 0.15) is 11.4 Å². The first-order chi connectivity index (χ1) is 14.2. The van der Waals surface area contributed by atoms with Gasteiger partial charge in [-0.15, -0.1) is 0 Å². The number of carbonyl (C=O) groups is 1. The Morgan fingerprint density at radius 2 is 2.00 bits per heavy atom. The Balaban J connectivity index is 1.63. The van der Waals surface area contributed by atoms with Gasteiger partial charge in [0.25, 0.3) is 0 Å². The third-order valence-corrected chi connectivity index (χ3v) is 4.58. The maximum Gasteiger partial charge on any atom is 0.338 e. The zero-order valence-corrected chi connectivity index (χ0v) is 16.3. The van der Waals surface area contributed by atoms with Crippen molar-refractivity contribution < 1.29 is 18.7 Å². The average Bonchev–Trinajstić information content (AvgIpc) is 3.39. The molecular weight excluding hydrogens is 370 g/mol. The molecule has 148 valence electrons. The van der Waals surface area contributed by atoms with Crippen LogP contribution in [0.5, 0.6) is 5.75 Å². The third kappa shape index (κ3) is 3.85. The summed E-state index contributed by atoms with van der Waals surface area (Å²) in [7, 11) is 1.36. The molecule has 3 heterocycles. The Bertz CT molecular complexity index is 1120. The SMILES string of the molecule is COC(=O)c1cc(-c2ccco2)nc2c1c(C)nn2CCCOc1ccccc1. The van der Waals surface area contributed by atoms with Gasteiger partial charge < -0.3 is 13.9 Å².